The van der Waals surface area contributed by atoms with E-state index in [1.807, 2.05) is 18.2 Å². The van der Waals surface area contributed by atoms with E-state index in [0.717, 1.165) is 11.1 Å². The molecule has 0 heterocycles. The Bertz CT molecular complexity index is 599. The van der Waals surface area contributed by atoms with Crippen LogP contribution in [0.1, 0.15) is 27.5 Å². The molecule has 0 bridgehead atoms. The first kappa shape index (κ1) is 14.2. The molecule has 2 N–H and O–H groups in total. The number of benzene rings is 2. The van der Waals surface area contributed by atoms with Crippen LogP contribution >= 0.6 is 0 Å². The zero-order chi connectivity index (χ0) is 14.5. The Morgan fingerprint density at radius 3 is 2.55 bits per heavy atom. The highest BCUT2D eigenvalue weighted by atomic mass is 19.1. The van der Waals surface area contributed by atoms with E-state index in [1.165, 1.54) is 12.1 Å². The van der Waals surface area contributed by atoms with Gasteiger partial charge in [0, 0.05) is 0 Å². The molecule has 1 atom stereocenters. The zero-order valence-corrected chi connectivity index (χ0v) is 11.1. The maximum absolute atomic E-state index is 13.7. The quantitative estimate of drug-likeness (QED) is 0.899. The van der Waals surface area contributed by atoms with Crippen LogP contribution in [0.5, 0.6) is 0 Å². The van der Waals surface area contributed by atoms with Crippen LogP contribution in [-0.4, -0.2) is 17.6 Å². The third-order valence-electron chi connectivity index (χ3n) is 3.06. The molecule has 0 spiro atoms. The molecule has 0 saturated carbocycles. The number of halogens is 1. The maximum atomic E-state index is 13.7. The second-order valence-corrected chi connectivity index (χ2v) is 4.60. The number of hydrogen-bond donors (Lipinski definition) is 2. The molecule has 104 valence electrons. The molecule has 0 aliphatic heterocycles. The molecule has 3 nitrogen and oxygen atoms in total. The van der Waals surface area contributed by atoms with Crippen LogP contribution in [0.25, 0.3) is 0 Å². The second-order valence-electron chi connectivity index (χ2n) is 4.60. The minimum absolute atomic E-state index is 0.0232. The van der Waals surface area contributed by atoms with Crippen LogP contribution in [0.4, 0.5) is 4.39 Å². The van der Waals surface area contributed by atoms with Crippen LogP contribution in [0.15, 0.2) is 48.5 Å². The molecule has 0 aromatic heterocycles. The summed E-state index contributed by atoms with van der Waals surface area (Å²) in [5, 5.41) is 12.0. The Morgan fingerprint density at radius 1 is 1.25 bits per heavy atom. The lowest BCUT2D eigenvalue weighted by Gasteiger charge is -2.17. The van der Waals surface area contributed by atoms with Crippen LogP contribution in [0.3, 0.4) is 0 Å². The van der Waals surface area contributed by atoms with Crippen LogP contribution in [-0.2, 0) is 0 Å². The lowest BCUT2D eigenvalue weighted by molar-refractivity contribution is 0.0912. The minimum Gasteiger partial charge on any atom is -0.394 e. The van der Waals surface area contributed by atoms with Crippen molar-refractivity contribution in [2.45, 2.75) is 13.0 Å². The molecular weight excluding hydrogens is 257 g/mol. The van der Waals surface area contributed by atoms with Crippen molar-refractivity contribution < 1.29 is 14.3 Å². The van der Waals surface area contributed by atoms with E-state index >= 15 is 0 Å². The fourth-order valence-corrected chi connectivity index (χ4v) is 1.96. The first-order valence-corrected chi connectivity index (χ1v) is 6.34. The van der Waals surface area contributed by atoms with E-state index in [0.29, 0.717) is 0 Å². The molecule has 4 heteroatoms. The van der Waals surface area contributed by atoms with Gasteiger partial charge in [-0.2, -0.15) is 0 Å². The van der Waals surface area contributed by atoms with Gasteiger partial charge in [0.25, 0.3) is 5.91 Å². The summed E-state index contributed by atoms with van der Waals surface area (Å²) in [5.41, 5.74) is 1.50. The van der Waals surface area contributed by atoms with Crippen molar-refractivity contribution in [1.82, 2.24) is 5.32 Å². The average molecular weight is 273 g/mol. The summed E-state index contributed by atoms with van der Waals surface area (Å²) < 4.78 is 13.7. The predicted octanol–water partition coefficient (Wildman–Crippen LogP) is 2.60. The van der Waals surface area contributed by atoms with Crippen LogP contribution in [0, 0.1) is 12.7 Å². The van der Waals surface area contributed by atoms with Gasteiger partial charge in [-0.3, -0.25) is 4.79 Å². The van der Waals surface area contributed by atoms with E-state index < -0.39 is 17.8 Å². The van der Waals surface area contributed by atoms with Gasteiger partial charge >= 0.3 is 0 Å². The number of amides is 1. The molecule has 0 radical (unpaired) electrons. The van der Waals surface area contributed by atoms with Crippen molar-refractivity contribution in [3.63, 3.8) is 0 Å². The smallest absolute Gasteiger partial charge is 0.254 e. The van der Waals surface area contributed by atoms with Crippen molar-refractivity contribution in [3.8, 4) is 0 Å². The van der Waals surface area contributed by atoms with E-state index in [4.69, 9.17) is 0 Å². The van der Waals surface area contributed by atoms with Gasteiger partial charge < -0.3 is 10.4 Å². The van der Waals surface area contributed by atoms with Gasteiger partial charge in [0.2, 0.25) is 0 Å². The van der Waals surface area contributed by atoms with Gasteiger partial charge in [-0.25, -0.2) is 4.39 Å². The van der Waals surface area contributed by atoms with Crippen molar-refractivity contribution in [3.05, 3.63) is 71.0 Å². The number of rotatable bonds is 4. The normalized spacial score (nSPS) is 11.9. The van der Waals surface area contributed by atoms with Gasteiger partial charge in [0.15, 0.2) is 0 Å². The topological polar surface area (TPSA) is 49.3 Å². The van der Waals surface area contributed by atoms with Gasteiger partial charge in [-0.15, -0.1) is 0 Å². The van der Waals surface area contributed by atoms with Gasteiger partial charge in [0.1, 0.15) is 5.82 Å². The molecule has 1 amide bonds. The van der Waals surface area contributed by atoms with E-state index in [1.54, 1.807) is 25.1 Å². The summed E-state index contributed by atoms with van der Waals surface area (Å²) in [4.78, 5) is 12.1. The number of hydrogen-bond acceptors (Lipinski definition) is 2. The summed E-state index contributed by atoms with van der Waals surface area (Å²) in [7, 11) is 0. The molecule has 0 aliphatic rings. The highest BCUT2D eigenvalue weighted by Gasteiger charge is 2.17. The van der Waals surface area contributed by atoms with Crippen LogP contribution in [0.2, 0.25) is 0 Å². The Kier molecular flexibility index (Phi) is 4.48. The van der Waals surface area contributed by atoms with Crippen molar-refractivity contribution in [2.75, 3.05) is 6.61 Å². The molecule has 1 unspecified atom stereocenters. The summed E-state index contributed by atoms with van der Waals surface area (Å²) >= 11 is 0. The Labute approximate surface area is 117 Å². The summed E-state index contributed by atoms with van der Waals surface area (Å²) in [6.45, 7) is 1.51. The number of nitrogens with one attached hydrogen (secondary N) is 1. The lowest BCUT2D eigenvalue weighted by atomic mass is 10.1. The molecule has 2 aromatic carbocycles. The fraction of sp³-hybridized carbons (Fsp3) is 0.188. The highest BCUT2D eigenvalue weighted by molar-refractivity contribution is 5.94. The number of carbonyl (C=O) groups excluding carboxylic acids is 1. The molecule has 2 aromatic rings. The molecular formula is C16H16FNO2. The summed E-state index contributed by atoms with van der Waals surface area (Å²) in [6.07, 6.45) is 0. The van der Waals surface area contributed by atoms with E-state index in [-0.39, 0.29) is 12.2 Å². The van der Waals surface area contributed by atoms with Gasteiger partial charge in [-0.05, 0) is 30.2 Å². The Hall–Kier alpha value is -2.20. The fourth-order valence-electron chi connectivity index (χ4n) is 1.96. The maximum Gasteiger partial charge on any atom is 0.254 e. The molecule has 0 saturated heterocycles. The largest absolute Gasteiger partial charge is 0.394 e. The molecule has 20 heavy (non-hydrogen) atoms. The van der Waals surface area contributed by atoms with Crippen LogP contribution < -0.4 is 5.32 Å². The first-order chi connectivity index (χ1) is 9.61. The predicted molar refractivity (Wildman–Crippen MR) is 74.9 cm³/mol. The Balaban J connectivity index is 2.17. The van der Waals surface area contributed by atoms with E-state index in [2.05, 4.69) is 5.32 Å². The minimum atomic E-state index is -0.563. The third kappa shape index (κ3) is 3.22. The van der Waals surface area contributed by atoms with Gasteiger partial charge in [0.05, 0.1) is 18.2 Å². The lowest BCUT2D eigenvalue weighted by Crippen LogP contribution is -2.31. The molecule has 0 fully saturated rings. The molecule has 2 rings (SSSR count). The summed E-state index contributed by atoms with van der Waals surface area (Å²) in [5.74, 6) is -1.10. The van der Waals surface area contributed by atoms with Gasteiger partial charge in [-0.1, -0.05) is 36.4 Å². The zero-order valence-electron chi connectivity index (χ0n) is 11.1. The third-order valence-corrected chi connectivity index (χ3v) is 3.06. The monoisotopic (exact) mass is 273 g/mol. The number of aliphatic hydroxyl groups excluding tert-OH is 1. The van der Waals surface area contributed by atoms with E-state index in [9.17, 15) is 14.3 Å². The first-order valence-electron chi connectivity index (χ1n) is 6.34. The molecule has 0 aliphatic carbocycles. The second kappa shape index (κ2) is 6.30. The number of aliphatic hydroxyl groups is 1. The van der Waals surface area contributed by atoms with Crippen molar-refractivity contribution >= 4 is 5.91 Å². The highest BCUT2D eigenvalue weighted by Crippen LogP contribution is 2.15. The van der Waals surface area contributed by atoms with Crippen molar-refractivity contribution in [1.29, 1.82) is 0 Å². The Morgan fingerprint density at radius 2 is 1.95 bits per heavy atom. The average Bonchev–Trinajstić information content (AvgIpc) is 2.45. The van der Waals surface area contributed by atoms with Crippen molar-refractivity contribution in [2.24, 2.45) is 0 Å². The number of carbonyl (C=O) groups is 1. The number of aryl methyl sites for hydroxylation is 1. The SMILES string of the molecule is Cc1ccc(C(=O)NC(CO)c2ccccc2)c(F)c1. The standard InChI is InChI=1S/C16H16FNO2/c1-11-7-8-13(14(17)9-11)16(20)18-15(10-19)12-5-3-2-4-6-12/h2-9,15,19H,10H2,1H3,(H,18,20). The summed E-state index contributed by atoms with van der Waals surface area (Å²) in [6, 6.07) is 13.0.